The average Bonchev–Trinajstić information content (AvgIpc) is 2.93. The minimum atomic E-state index is -1.69. The Morgan fingerprint density at radius 1 is 0.787 bits per heavy atom. The molecule has 11 nitrogen and oxygen atoms in total. The van der Waals surface area contributed by atoms with E-state index in [4.69, 9.17) is 13.6 Å². The van der Waals surface area contributed by atoms with Crippen molar-refractivity contribution >= 4 is 32.2 Å². The fourth-order valence-electron chi connectivity index (χ4n) is 4.42. The molecule has 0 unspecified atom stereocenters. The highest BCUT2D eigenvalue weighted by molar-refractivity contribution is 7.42. The maximum absolute atomic E-state index is 13.5. The van der Waals surface area contributed by atoms with Crippen molar-refractivity contribution in [3.8, 4) is 5.75 Å². The fraction of sp³-hybridized carbons (Fsp3) is 0.714. The van der Waals surface area contributed by atoms with E-state index in [-0.39, 0.29) is 24.2 Å². The fourth-order valence-corrected chi connectivity index (χ4v) is 5.72. The van der Waals surface area contributed by atoms with E-state index < -0.39 is 49.7 Å². The van der Waals surface area contributed by atoms with Crippen molar-refractivity contribution in [2.75, 3.05) is 13.1 Å². The molecule has 0 heterocycles. The summed E-state index contributed by atoms with van der Waals surface area (Å²) in [5.74, 6) is -1.20. The Morgan fingerprint density at radius 3 is 1.72 bits per heavy atom. The molecule has 1 aromatic carbocycles. The topological polar surface area (TPSA) is 135 Å². The number of carbonyl (C=O) groups is 4. The lowest BCUT2D eigenvalue weighted by molar-refractivity contribution is -0.137. The molecule has 0 aromatic heterocycles. The highest BCUT2D eigenvalue weighted by atomic mass is 31.2. The molecular weight excluding hydrogens is 619 g/mol. The third-order valence-corrected chi connectivity index (χ3v) is 8.54. The van der Waals surface area contributed by atoms with Gasteiger partial charge >= 0.3 is 8.60 Å². The molecule has 0 aliphatic carbocycles. The van der Waals surface area contributed by atoms with E-state index in [1.807, 2.05) is 67.5 Å². The quantitative estimate of drug-likeness (QED) is 0.152. The lowest BCUT2D eigenvalue weighted by Crippen LogP contribution is -2.58. The van der Waals surface area contributed by atoms with Crippen LogP contribution in [0.1, 0.15) is 114 Å². The van der Waals surface area contributed by atoms with Crippen LogP contribution in [0.2, 0.25) is 0 Å². The van der Waals surface area contributed by atoms with Gasteiger partial charge in [-0.1, -0.05) is 52.7 Å². The minimum Gasteiger partial charge on any atom is -0.427 e. The monoisotopic (exact) mass is 680 g/mol. The molecule has 0 saturated heterocycles. The van der Waals surface area contributed by atoms with Crippen LogP contribution in [0, 0.1) is 5.92 Å². The summed E-state index contributed by atoms with van der Waals surface area (Å²) in [5.41, 5.74) is -0.178. The molecular formula is C35H61N4O7P. The molecule has 4 amide bonds. The van der Waals surface area contributed by atoms with Gasteiger partial charge < -0.3 is 25.4 Å². The Bertz CT molecular complexity index is 1110. The van der Waals surface area contributed by atoms with Gasteiger partial charge in [0.25, 0.3) is 0 Å². The van der Waals surface area contributed by atoms with Gasteiger partial charge in [-0.05, 0) is 84.9 Å². The smallest absolute Gasteiger partial charge is 0.398 e. The van der Waals surface area contributed by atoms with Gasteiger partial charge in [0.05, 0.1) is 11.2 Å². The van der Waals surface area contributed by atoms with Crippen LogP contribution in [0.5, 0.6) is 5.75 Å². The first-order valence-electron chi connectivity index (χ1n) is 16.9. The van der Waals surface area contributed by atoms with Crippen LogP contribution < -0.4 is 20.5 Å². The van der Waals surface area contributed by atoms with Gasteiger partial charge in [-0.15, -0.1) is 0 Å². The van der Waals surface area contributed by atoms with Gasteiger partial charge in [0.2, 0.25) is 23.6 Å². The summed E-state index contributed by atoms with van der Waals surface area (Å²) in [6, 6.07) is 4.55. The van der Waals surface area contributed by atoms with Crippen LogP contribution in [0.4, 0.5) is 0 Å². The van der Waals surface area contributed by atoms with Crippen LogP contribution in [0.3, 0.4) is 0 Å². The predicted octanol–water partition coefficient (Wildman–Crippen LogP) is 6.04. The number of carbonyl (C=O) groups excluding carboxylic acids is 4. The van der Waals surface area contributed by atoms with E-state index in [0.717, 1.165) is 31.2 Å². The summed E-state index contributed by atoms with van der Waals surface area (Å²) >= 11 is 0. The Balaban J connectivity index is 3.03. The van der Waals surface area contributed by atoms with E-state index in [1.165, 1.54) is 6.92 Å². The van der Waals surface area contributed by atoms with E-state index in [1.54, 1.807) is 24.0 Å². The van der Waals surface area contributed by atoms with Crippen LogP contribution in [0.25, 0.3) is 0 Å². The number of hydrogen-bond acceptors (Lipinski definition) is 7. The molecule has 0 saturated carbocycles. The zero-order chi connectivity index (χ0) is 35.9. The van der Waals surface area contributed by atoms with Crippen molar-refractivity contribution in [2.24, 2.45) is 5.92 Å². The van der Waals surface area contributed by atoms with Crippen LogP contribution in [-0.2, 0) is 34.6 Å². The number of benzene rings is 1. The second-order valence-electron chi connectivity index (χ2n) is 14.3. The number of hydrogen-bond donors (Lipinski definition) is 3. The molecule has 0 fully saturated rings. The zero-order valence-corrected chi connectivity index (χ0v) is 31.7. The second kappa shape index (κ2) is 19.9. The molecule has 0 aliphatic heterocycles. The lowest BCUT2D eigenvalue weighted by Gasteiger charge is -2.30. The Morgan fingerprint density at radius 2 is 1.30 bits per heavy atom. The van der Waals surface area contributed by atoms with Crippen molar-refractivity contribution in [1.82, 2.24) is 20.9 Å². The lowest BCUT2D eigenvalue weighted by atomic mass is 10.0. The van der Waals surface area contributed by atoms with Gasteiger partial charge in [-0.2, -0.15) is 0 Å². The maximum atomic E-state index is 13.5. The molecule has 12 heteroatoms. The van der Waals surface area contributed by atoms with Crippen molar-refractivity contribution in [1.29, 1.82) is 0 Å². The van der Waals surface area contributed by atoms with Gasteiger partial charge in [0.1, 0.15) is 23.9 Å². The average molecular weight is 681 g/mol. The van der Waals surface area contributed by atoms with Crippen molar-refractivity contribution in [2.45, 2.75) is 145 Å². The molecule has 3 atom stereocenters. The third kappa shape index (κ3) is 17.3. The van der Waals surface area contributed by atoms with E-state index >= 15 is 0 Å². The number of amides is 4. The maximum Gasteiger partial charge on any atom is 0.398 e. The number of unbranched alkanes of at least 4 members (excludes halogenated alkanes) is 2. The third-order valence-electron chi connectivity index (χ3n) is 6.78. The van der Waals surface area contributed by atoms with Crippen molar-refractivity contribution in [3.05, 3.63) is 29.8 Å². The van der Waals surface area contributed by atoms with Crippen LogP contribution in [-0.4, -0.2) is 70.9 Å². The summed E-state index contributed by atoms with van der Waals surface area (Å²) < 4.78 is 18.1. The predicted molar refractivity (Wildman–Crippen MR) is 188 cm³/mol. The SMILES string of the molecule is CCCCN(CCCC)C(=O)[C@H](C)NC(=O)[C@@H](NC(=O)[C@H](Cc1ccc(OP(OC(C)(C)C)OC(C)(C)C)cc1)NC(C)=O)C(C)C. The summed E-state index contributed by atoms with van der Waals surface area (Å²) in [6.07, 6.45) is 3.89. The van der Waals surface area contributed by atoms with Gasteiger partial charge in [-0.25, -0.2) is 0 Å². The van der Waals surface area contributed by atoms with Crippen molar-refractivity contribution in [3.63, 3.8) is 0 Å². The molecule has 0 spiro atoms. The van der Waals surface area contributed by atoms with Gasteiger partial charge in [0.15, 0.2) is 0 Å². The number of nitrogens with zero attached hydrogens (tertiary/aromatic N) is 1. The molecule has 0 bridgehead atoms. The standard InChI is InChI=1S/C35H61N4O7P/c1-13-15-21-39(22-16-14-2)33(43)25(5)36-32(42)30(24(3)4)38-31(41)29(37-26(6)40)23-27-17-19-28(20-18-27)44-47(45-34(7,8)9)46-35(10,11)12/h17-20,24-25,29-30H,13-16,21-23H2,1-12H3,(H,36,42)(H,37,40)(H,38,41)/t25-,29-,30-/m0/s1. The minimum absolute atomic E-state index is 0.139. The molecule has 1 aromatic rings. The Hall–Kier alpha value is -2.75. The first-order valence-corrected chi connectivity index (χ1v) is 18.0. The highest BCUT2D eigenvalue weighted by Crippen LogP contribution is 2.47. The molecule has 1 rings (SSSR count). The summed E-state index contributed by atoms with van der Waals surface area (Å²) in [7, 11) is -1.69. The first-order chi connectivity index (χ1) is 21.8. The molecule has 47 heavy (non-hydrogen) atoms. The molecule has 268 valence electrons. The summed E-state index contributed by atoms with van der Waals surface area (Å²) in [4.78, 5) is 54.0. The van der Waals surface area contributed by atoms with Crippen LogP contribution >= 0.6 is 8.60 Å². The number of nitrogens with one attached hydrogen (secondary N) is 3. The van der Waals surface area contributed by atoms with E-state index in [2.05, 4.69) is 29.8 Å². The number of rotatable bonds is 19. The molecule has 3 N–H and O–H groups in total. The van der Waals surface area contributed by atoms with E-state index in [0.29, 0.717) is 18.8 Å². The second-order valence-corrected chi connectivity index (χ2v) is 15.3. The summed E-state index contributed by atoms with van der Waals surface area (Å²) in [6.45, 7) is 23.7. The zero-order valence-electron chi connectivity index (χ0n) is 30.8. The Labute approximate surface area is 284 Å². The van der Waals surface area contributed by atoms with E-state index in [9.17, 15) is 19.2 Å². The normalized spacial score (nSPS) is 13.9. The van der Waals surface area contributed by atoms with Crippen molar-refractivity contribution < 1.29 is 32.7 Å². The van der Waals surface area contributed by atoms with Crippen LogP contribution in [0.15, 0.2) is 24.3 Å². The summed E-state index contributed by atoms with van der Waals surface area (Å²) in [5, 5.41) is 8.34. The molecule has 0 radical (unpaired) electrons. The van der Waals surface area contributed by atoms with Gasteiger partial charge in [0, 0.05) is 26.4 Å². The largest absolute Gasteiger partial charge is 0.427 e. The highest BCUT2D eigenvalue weighted by Gasteiger charge is 2.32. The van der Waals surface area contributed by atoms with Gasteiger partial charge in [-0.3, -0.25) is 28.2 Å². The Kier molecular flexibility index (Phi) is 17.9. The first kappa shape index (κ1) is 42.3. The molecule has 0 aliphatic rings.